The molecule has 4 nitrogen and oxygen atoms in total. The van der Waals surface area contributed by atoms with E-state index in [1.165, 1.54) is 0 Å². The minimum Gasteiger partial charge on any atom is -0.853 e. The zero-order chi connectivity index (χ0) is 9.40. The van der Waals surface area contributed by atoms with Gasteiger partial charge in [-0.2, -0.15) is 0 Å². The molecule has 0 bridgehead atoms. The van der Waals surface area contributed by atoms with Crippen LogP contribution in [0.15, 0.2) is 0 Å². The molecule has 13 heavy (non-hydrogen) atoms. The maximum absolute atomic E-state index is 10.0. The fraction of sp³-hybridized carbons (Fsp3) is 1.00. The maximum atomic E-state index is 10.0. The molecule has 0 saturated carbocycles. The van der Waals surface area contributed by atoms with Gasteiger partial charge in [0.2, 0.25) is 0 Å². The summed E-state index contributed by atoms with van der Waals surface area (Å²) in [6, 6.07) is 0. The van der Waals surface area contributed by atoms with Crippen molar-refractivity contribution in [2.75, 3.05) is 19.8 Å². The third-order valence-corrected chi connectivity index (χ3v) is 1.22. The van der Waals surface area contributed by atoms with Crippen molar-refractivity contribution in [1.82, 2.24) is 0 Å². The molecule has 0 heterocycles. The molecule has 0 saturated heterocycles. The smallest absolute Gasteiger partial charge is 0.853 e. The summed E-state index contributed by atoms with van der Waals surface area (Å²) in [5, 5.41) is 10.0. The molecule has 0 aromatic rings. The Bertz CT molecular complexity index is 102. The molecule has 0 rings (SSSR count). The first-order valence-electron chi connectivity index (χ1n) is 4.17. The molecule has 0 fully saturated rings. The molecule has 74 valence electrons. The Labute approximate surface area is 102 Å². The van der Waals surface area contributed by atoms with E-state index in [0.717, 1.165) is 0 Å². The molecular weight excluding hydrogens is 183 g/mol. The quantitative estimate of drug-likeness (QED) is 0.327. The predicted molar refractivity (Wildman–Crippen MR) is 42.5 cm³/mol. The largest absolute Gasteiger partial charge is 1.00 e. The van der Waals surface area contributed by atoms with Crippen molar-refractivity contribution >= 4 is 0 Å². The van der Waals surface area contributed by atoms with Gasteiger partial charge in [0.05, 0.1) is 0 Å². The zero-order valence-corrected chi connectivity index (χ0v) is 10.9. The molecule has 2 atom stereocenters. The van der Waals surface area contributed by atoms with Crippen LogP contribution < -0.4 is 34.7 Å². The van der Waals surface area contributed by atoms with Crippen LogP contribution in [0, 0.1) is 0 Å². The Morgan fingerprint density at radius 1 is 1.15 bits per heavy atom. The molecule has 0 radical (unpaired) electrons. The van der Waals surface area contributed by atoms with Gasteiger partial charge in [0.1, 0.15) is 0 Å². The van der Waals surface area contributed by atoms with Gasteiger partial charge >= 0.3 is 29.6 Å². The molecule has 0 aliphatic heterocycles. The molecule has 2 unspecified atom stereocenters. The Morgan fingerprint density at radius 2 is 1.69 bits per heavy atom. The topological polar surface area (TPSA) is 50.8 Å². The number of hydrogen-bond acceptors (Lipinski definition) is 4. The van der Waals surface area contributed by atoms with Crippen molar-refractivity contribution in [1.29, 1.82) is 0 Å². The predicted octanol–water partition coefficient (Wildman–Crippen LogP) is -2.89. The van der Waals surface area contributed by atoms with E-state index in [-0.39, 0.29) is 55.4 Å². The van der Waals surface area contributed by atoms with Gasteiger partial charge in [0.25, 0.3) is 0 Å². The number of hydrogen-bond donors (Lipinski definition) is 0. The minimum atomic E-state index is -0.375. The third-order valence-electron chi connectivity index (χ3n) is 1.22. The average molecular weight is 200 g/mol. The van der Waals surface area contributed by atoms with E-state index >= 15 is 0 Å². The van der Waals surface area contributed by atoms with E-state index < -0.39 is 0 Å². The van der Waals surface area contributed by atoms with Crippen molar-refractivity contribution in [3.8, 4) is 0 Å². The molecule has 0 spiro atoms. The molecule has 0 amide bonds. The number of rotatable bonds is 7. The first-order valence-corrected chi connectivity index (χ1v) is 4.17. The first-order chi connectivity index (χ1) is 5.70. The van der Waals surface area contributed by atoms with Crippen molar-refractivity contribution in [3.63, 3.8) is 0 Å². The van der Waals surface area contributed by atoms with E-state index in [9.17, 15) is 5.11 Å². The van der Waals surface area contributed by atoms with Crippen LogP contribution in [0.1, 0.15) is 20.8 Å². The summed E-state index contributed by atoms with van der Waals surface area (Å²) >= 11 is 0. The van der Waals surface area contributed by atoms with Crippen LogP contribution in [0.4, 0.5) is 0 Å². The molecule has 0 aromatic heterocycles. The normalized spacial score (nSPS) is 14.8. The van der Waals surface area contributed by atoms with Gasteiger partial charge in [-0.25, -0.2) is 0 Å². The SMILES string of the molecule is CCOC(C)OC(C)OCC[O-].[Na+]. The summed E-state index contributed by atoms with van der Waals surface area (Å²) < 4.78 is 15.3. The van der Waals surface area contributed by atoms with E-state index in [4.69, 9.17) is 14.2 Å². The van der Waals surface area contributed by atoms with Crippen LogP contribution in [0.25, 0.3) is 0 Å². The molecule has 0 N–H and O–H groups in total. The standard InChI is InChI=1S/C8H17O4.Na/c1-4-10-7(2)12-8(3)11-6-5-9;/h7-8H,4-6H2,1-3H3;/q-1;+1. The van der Waals surface area contributed by atoms with Crippen LogP contribution in [0.2, 0.25) is 0 Å². The molecule has 5 heteroatoms. The molecule has 0 aliphatic rings. The van der Waals surface area contributed by atoms with Crippen molar-refractivity contribution in [3.05, 3.63) is 0 Å². The summed E-state index contributed by atoms with van der Waals surface area (Å²) in [6.07, 6.45) is -0.655. The zero-order valence-electron chi connectivity index (χ0n) is 8.91. The Morgan fingerprint density at radius 3 is 2.15 bits per heavy atom. The van der Waals surface area contributed by atoms with Gasteiger partial charge < -0.3 is 19.3 Å². The fourth-order valence-electron chi connectivity index (χ4n) is 0.797. The second-order valence-electron chi connectivity index (χ2n) is 2.30. The van der Waals surface area contributed by atoms with Gasteiger partial charge in [0, 0.05) is 13.2 Å². The first kappa shape index (κ1) is 16.3. The van der Waals surface area contributed by atoms with E-state index in [1.807, 2.05) is 6.92 Å². The molecular formula is C8H17NaO4. The molecule has 0 aliphatic carbocycles. The summed E-state index contributed by atoms with van der Waals surface area (Å²) in [5.41, 5.74) is 0. The second-order valence-corrected chi connectivity index (χ2v) is 2.30. The monoisotopic (exact) mass is 200 g/mol. The van der Waals surface area contributed by atoms with Gasteiger partial charge in [-0.15, -0.1) is 6.61 Å². The van der Waals surface area contributed by atoms with Crippen LogP contribution >= 0.6 is 0 Å². The van der Waals surface area contributed by atoms with Crippen LogP contribution in [-0.4, -0.2) is 32.4 Å². The van der Waals surface area contributed by atoms with Crippen LogP contribution in [-0.2, 0) is 14.2 Å². The summed E-state index contributed by atoms with van der Waals surface area (Å²) in [4.78, 5) is 0. The Hall–Kier alpha value is 0.840. The average Bonchev–Trinajstić information content (AvgIpc) is 2.01. The molecule has 0 aromatic carbocycles. The number of ether oxygens (including phenoxy) is 3. The van der Waals surface area contributed by atoms with Gasteiger partial charge in [-0.05, 0) is 20.8 Å². The minimum absolute atomic E-state index is 0. The summed E-state index contributed by atoms with van der Waals surface area (Å²) in [7, 11) is 0. The maximum Gasteiger partial charge on any atom is 1.00 e. The Kier molecular flexibility index (Phi) is 13.7. The fourth-order valence-corrected chi connectivity index (χ4v) is 0.797. The van der Waals surface area contributed by atoms with Gasteiger partial charge in [-0.3, -0.25) is 0 Å². The van der Waals surface area contributed by atoms with Crippen LogP contribution in [0.3, 0.4) is 0 Å². The van der Waals surface area contributed by atoms with Crippen molar-refractivity contribution in [2.24, 2.45) is 0 Å². The summed E-state index contributed by atoms with van der Waals surface area (Å²) in [6.45, 7) is 5.97. The van der Waals surface area contributed by atoms with E-state index in [2.05, 4.69) is 0 Å². The van der Waals surface area contributed by atoms with Crippen LogP contribution in [0.5, 0.6) is 0 Å². The van der Waals surface area contributed by atoms with Gasteiger partial charge in [-0.1, -0.05) is 0 Å². The third kappa shape index (κ3) is 10.8. The Balaban J connectivity index is 0. The van der Waals surface area contributed by atoms with Crippen molar-refractivity contribution < 1.29 is 48.9 Å². The second kappa shape index (κ2) is 10.9. The summed E-state index contributed by atoms with van der Waals surface area (Å²) in [5.74, 6) is 0. The van der Waals surface area contributed by atoms with E-state index in [0.29, 0.717) is 6.61 Å². The van der Waals surface area contributed by atoms with E-state index in [1.54, 1.807) is 13.8 Å². The van der Waals surface area contributed by atoms with Gasteiger partial charge in [0.15, 0.2) is 12.6 Å². The van der Waals surface area contributed by atoms with Crippen molar-refractivity contribution in [2.45, 2.75) is 33.4 Å².